The standard InChI is InChI=1S/C67H47N3/c1-67(2)58-32-11-7-28-52(58)53-39-40-63-56(65(53)67)38-37-44-19-6-12-33-59(44)69(63)50-26-17-22-47(42-50)45-20-16-21-46(41-45)48-23-18-27-51(43-48)70-61-35-14-9-30-55(61)64-54-29-8-13-34-60(54)68(49-24-4-3-5-25-49)62-36-15-10-31-57(62)66(64)70/h3-43H,1-2H3. The van der Waals surface area contributed by atoms with Gasteiger partial charge in [0.15, 0.2) is 0 Å². The van der Waals surface area contributed by atoms with E-state index in [1.165, 1.54) is 94.7 Å². The fourth-order valence-electron chi connectivity index (χ4n) is 12.0. The Morgan fingerprint density at radius 3 is 1.70 bits per heavy atom. The number of rotatable bonds is 5. The van der Waals surface area contributed by atoms with Crippen LogP contribution in [0.15, 0.2) is 237 Å². The largest absolute Gasteiger partial charge is 0.309 e. The van der Waals surface area contributed by atoms with Crippen molar-refractivity contribution in [2.75, 3.05) is 9.80 Å². The molecule has 0 saturated carbocycles. The van der Waals surface area contributed by atoms with E-state index in [1.807, 2.05) is 0 Å². The molecule has 0 fully saturated rings. The van der Waals surface area contributed by atoms with Crippen LogP contribution in [0.5, 0.6) is 0 Å². The van der Waals surface area contributed by atoms with Crippen molar-refractivity contribution in [3.8, 4) is 61.5 Å². The SMILES string of the molecule is CC1(C)c2ccccc2-c2ccc3c(c21)C=Cc1ccccc1N3c1cccc(-c2cccc(-c3cccc(-n4c5c(c6ccccc64)-c4ccccc4N(c4ccccc4)c4ccccc4-5)c3)c2)c1. The molecule has 0 spiro atoms. The third-order valence-electron chi connectivity index (χ3n) is 15.0. The van der Waals surface area contributed by atoms with Gasteiger partial charge in [0.05, 0.1) is 34.0 Å². The van der Waals surface area contributed by atoms with Gasteiger partial charge < -0.3 is 14.4 Å². The van der Waals surface area contributed by atoms with Crippen molar-refractivity contribution in [3.63, 3.8) is 0 Å². The van der Waals surface area contributed by atoms with Gasteiger partial charge in [-0.05, 0) is 123 Å². The minimum absolute atomic E-state index is 0.143. The lowest BCUT2D eigenvalue weighted by Crippen LogP contribution is -2.18. The van der Waals surface area contributed by atoms with Crippen LogP contribution >= 0.6 is 0 Å². The Morgan fingerprint density at radius 2 is 0.914 bits per heavy atom. The monoisotopic (exact) mass is 893 g/mol. The number of para-hydroxylation sites is 5. The van der Waals surface area contributed by atoms with Gasteiger partial charge in [-0.1, -0.05) is 190 Å². The van der Waals surface area contributed by atoms with Crippen LogP contribution in [0, 0.1) is 0 Å². The lowest BCUT2D eigenvalue weighted by atomic mass is 9.79. The molecule has 0 N–H and O–H groups in total. The summed E-state index contributed by atoms with van der Waals surface area (Å²) in [5.41, 5.74) is 26.5. The van der Waals surface area contributed by atoms with Crippen molar-refractivity contribution in [2.45, 2.75) is 19.3 Å². The summed E-state index contributed by atoms with van der Waals surface area (Å²) in [6, 6.07) is 87.1. The van der Waals surface area contributed by atoms with Crippen molar-refractivity contribution in [1.29, 1.82) is 0 Å². The number of aromatic nitrogens is 1. The second-order valence-electron chi connectivity index (χ2n) is 19.3. The molecular formula is C67H47N3. The Morgan fingerprint density at radius 1 is 0.357 bits per heavy atom. The van der Waals surface area contributed by atoms with Crippen LogP contribution in [0.3, 0.4) is 0 Å². The third-order valence-corrected chi connectivity index (χ3v) is 15.0. The number of benzene rings is 10. The van der Waals surface area contributed by atoms with Crippen molar-refractivity contribution in [1.82, 2.24) is 4.57 Å². The molecule has 0 atom stereocenters. The lowest BCUT2D eigenvalue weighted by molar-refractivity contribution is 0.659. The summed E-state index contributed by atoms with van der Waals surface area (Å²) in [6.07, 6.45) is 4.66. The quantitative estimate of drug-likeness (QED) is 0.171. The van der Waals surface area contributed by atoms with Crippen LogP contribution < -0.4 is 9.80 Å². The highest BCUT2D eigenvalue weighted by Gasteiger charge is 2.39. The van der Waals surface area contributed by atoms with Crippen LogP contribution in [0.25, 0.3) is 84.5 Å². The highest BCUT2D eigenvalue weighted by molar-refractivity contribution is 6.13. The number of anilines is 6. The maximum atomic E-state index is 2.49. The van der Waals surface area contributed by atoms with Crippen LogP contribution in [0.2, 0.25) is 0 Å². The van der Waals surface area contributed by atoms with E-state index in [-0.39, 0.29) is 5.41 Å². The molecule has 330 valence electrons. The van der Waals surface area contributed by atoms with Crippen LogP contribution in [0.1, 0.15) is 36.1 Å². The van der Waals surface area contributed by atoms with Crippen LogP contribution in [-0.2, 0) is 5.41 Å². The zero-order valence-electron chi connectivity index (χ0n) is 39.0. The highest BCUT2D eigenvalue weighted by atomic mass is 15.2. The molecule has 3 heteroatoms. The molecule has 3 heterocycles. The zero-order chi connectivity index (χ0) is 46.5. The minimum Gasteiger partial charge on any atom is -0.309 e. The van der Waals surface area contributed by atoms with Gasteiger partial charge in [0.25, 0.3) is 0 Å². The summed E-state index contributed by atoms with van der Waals surface area (Å²) in [7, 11) is 0. The number of hydrogen-bond acceptors (Lipinski definition) is 2. The van der Waals surface area contributed by atoms with Crippen molar-refractivity contribution in [3.05, 3.63) is 259 Å². The first-order valence-corrected chi connectivity index (χ1v) is 24.3. The fourth-order valence-corrected chi connectivity index (χ4v) is 12.0. The van der Waals surface area contributed by atoms with Gasteiger partial charge in [0, 0.05) is 50.1 Å². The third kappa shape index (κ3) is 6.01. The van der Waals surface area contributed by atoms with E-state index >= 15 is 0 Å². The molecule has 0 bridgehead atoms. The Hall–Kier alpha value is -8.92. The molecule has 0 saturated heterocycles. The second kappa shape index (κ2) is 15.6. The summed E-state index contributed by atoms with van der Waals surface area (Å²) in [4.78, 5) is 4.90. The summed E-state index contributed by atoms with van der Waals surface area (Å²) >= 11 is 0. The molecule has 14 rings (SSSR count). The Bertz CT molecular complexity index is 3940. The number of nitrogens with zero attached hydrogens (tertiary/aromatic N) is 3. The zero-order valence-corrected chi connectivity index (χ0v) is 39.0. The summed E-state index contributed by atoms with van der Waals surface area (Å²) in [6.45, 7) is 4.76. The Balaban J connectivity index is 0.890. The summed E-state index contributed by atoms with van der Waals surface area (Å²) in [5.74, 6) is 0. The normalized spacial score (nSPS) is 13.6. The van der Waals surface area contributed by atoms with E-state index in [2.05, 4.69) is 277 Å². The molecule has 70 heavy (non-hydrogen) atoms. The molecule has 0 radical (unpaired) electrons. The molecule has 0 amide bonds. The molecular weight excluding hydrogens is 847 g/mol. The molecule has 0 unspecified atom stereocenters. The lowest BCUT2D eigenvalue weighted by Gasteiger charge is -2.30. The molecule has 1 aromatic heterocycles. The molecule has 11 aromatic rings. The van der Waals surface area contributed by atoms with E-state index in [0.29, 0.717) is 0 Å². The van der Waals surface area contributed by atoms with E-state index in [9.17, 15) is 0 Å². The summed E-state index contributed by atoms with van der Waals surface area (Å²) in [5, 5.41) is 1.23. The smallest absolute Gasteiger partial charge is 0.0641 e. The van der Waals surface area contributed by atoms with Crippen molar-refractivity contribution >= 4 is 57.2 Å². The molecule has 3 aliphatic rings. The first kappa shape index (κ1) is 40.2. The molecule has 2 aliphatic heterocycles. The van der Waals surface area contributed by atoms with Gasteiger partial charge in [0.1, 0.15) is 0 Å². The van der Waals surface area contributed by atoms with Crippen molar-refractivity contribution in [2.24, 2.45) is 0 Å². The Labute approximate surface area is 409 Å². The van der Waals surface area contributed by atoms with Gasteiger partial charge in [0.2, 0.25) is 0 Å². The van der Waals surface area contributed by atoms with E-state index < -0.39 is 0 Å². The summed E-state index contributed by atoms with van der Waals surface area (Å²) < 4.78 is 2.49. The van der Waals surface area contributed by atoms with E-state index in [0.717, 1.165) is 34.0 Å². The average molecular weight is 894 g/mol. The van der Waals surface area contributed by atoms with E-state index in [4.69, 9.17) is 0 Å². The van der Waals surface area contributed by atoms with Crippen molar-refractivity contribution < 1.29 is 0 Å². The topological polar surface area (TPSA) is 11.4 Å². The number of fused-ring (bicyclic) bond motifs is 13. The van der Waals surface area contributed by atoms with Crippen LogP contribution in [-0.4, -0.2) is 4.57 Å². The van der Waals surface area contributed by atoms with Gasteiger partial charge in [-0.15, -0.1) is 0 Å². The highest BCUT2D eigenvalue weighted by Crippen LogP contribution is 2.56. The van der Waals surface area contributed by atoms with Crippen LogP contribution in [0.4, 0.5) is 34.1 Å². The van der Waals surface area contributed by atoms with E-state index in [1.54, 1.807) is 0 Å². The van der Waals surface area contributed by atoms with Gasteiger partial charge in [-0.2, -0.15) is 0 Å². The van der Waals surface area contributed by atoms with Gasteiger partial charge in [-0.25, -0.2) is 0 Å². The second-order valence-corrected chi connectivity index (χ2v) is 19.3. The Kier molecular flexibility index (Phi) is 8.93. The minimum atomic E-state index is -0.143. The first-order valence-electron chi connectivity index (χ1n) is 24.3. The molecule has 3 nitrogen and oxygen atoms in total. The maximum Gasteiger partial charge on any atom is 0.0641 e. The maximum absolute atomic E-state index is 2.49. The predicted octanol–water partition coefficient (Wildman–Crippen LogP) is 18.3. The first-order chi connectivity index (χ1) is 34.5. The molecule has 1 aliphatic carbocycles. The number of hydrogen-bond donors (Lipinski definition) is 0. The molecule has 10 aromatic carbocycles. The van der Waals surface area contributed by atoms with Gasteiger partial charge >= 0.3 is 0 Å². The van der Waals surface area contributed by atoms with Gasteiger partial charge in [-0.3, -0.25) is 0 Å². The fraction of sp³-hybridized carbons (Fsp3) is 0.0448. The average Bonchev–Trinajstić information content (AvgIpc) is 3.75. The predicted molar refractivity (Wildman–Crippen MR) is 294 cm³/mol.